The topological polar surface area (TPSA) is 119 Å². The molecule has 4 N–H and O–H groups in total. The van der Waals surface area contributed by atoms with E-state index in [0.717, 1.165) is 25.0 Å². The predicted octanol–water partition coefficient (Wildman–Crippen LogP) is 3.91. The number of hydrogen-bond acceptors (Lipinski definition) is 6. The van der Waals surface area contributed by atoms with Crippen molar-refractivity contribution in [3.05, 3.63) is 57.9 Å². The average molecular weight is 467 g/mol. The number of aromatic nitrogens is 2. The van der Waals surface area contributed by atoms with Crippen molar-refractivity contribution in [2.24, 2.45) is 0 Å². The number of carboxylic acid groups (broad SMARTS) is 1. The normalized spacial score (nSPS) is 18.2. The molecule has 0 radical (unpaired) electrons. The number of carbonyl (C=O) groups is 1. The Hall–Kier alpha value is -3.62. The standard InChI is InChI=1S/C25H27FN4O4/c1-14-12-25(8-5-9-25)30-13-16(24(32)33)22(31)17-19(27)18(26)20(23(34-14)21(17)30)29-11-4-7-15-6-2-3-10-28-15/h2-3,6,10,13-14,29H,4-5,7-9,11-12,27H2,1H3,(H,32,33). The maximum atomic E-state index is 15.6. The Morgan fingerprint density at radius 3 is 2.85 bits per heavy atom. The van der Waals surface area contributed by atoms with Crippen LogP contribution in [0.1, 0.15) is 55.1 Å². The number of nitrogens with zero attached hydrogens (tertiary/aromatic N) is 2. The maximum absolute atomic E-state index is 15.6. The molecule has 1 aromatic carbocycles. The van der Waals surface area contributed by atoms with Gasteiger partial charge in [0.05, 0.1) is 22.7 Å². The van der Waals surface area contributed by atoms with Crippen LogP contribution >= 0.6 is 0 Å². The minimum absolute atomic E-state index is 0.102. The molecule has 3 aromatic rings. The van der Waals surface area contributed by atoms with Crippen LogP contribution in [0.3, 0.4) is 0 Å². The molecule has 1 fully saturated rings. The summed E-state index contributed by atoms with van der Waals surface area (Å²) >= 11 is 0. The molecule has 1 aliphatic carbocycles. The van der Waals surface area contributed by atoms with Crippen LogP contribution in [0.15, 0.2) is 35.4 Å². The third kappa shape index (κ3) is 3.46. The van der Waals surface area contributed by atoms with E-state index in [1.54, 1.807) is 6.20 Å². The lowest BCUT2D eigenvalue weighted by Gasteiger charge is -2.44. The molecule has 0 saturated heterocycles. The molecule has 8 nitrogen and oxygen atoms in total. The van der Waals surface area contributed by atoms with Crippen LogP contribution in [0.2, 0.25) is 0 Å². The summed E-state index contributed by atoms with van der Waals surface area (Å²) < 4.78 is 23.6. The number of nitrogen functional groups attached to an aromatic ring is 1. The monoisotopic (exact) mass is 466 g/mol. The number of hydrogen-bond donors (Lipinski definition) is 3. The number of anilines is 2. The van der Waals surface area contributed by atoms with Crippen LogP contribution in [-0.4, -0.2) is 33.3 Å². The SMILES string of the molecule is CC1CC2(CCC2)n2cc(C(=O)O)c(=O)c3c(N)c(F)c(NCCCc4ccccn4)c(c32)O1. The highest BCUT2D eigenvalue weighted by atomic mass is 19.1. The molecule has 1 unspecified atom stereocenters. The van der Waals surface area contributed by atoms with E-state index in [9.17, 15) is 14.7 Å². The number of nitrogens with two attached hydrogens (primary N) is 1. The highest BCUT2D eigenvalue weighted by molar-refractivity contribution is 6.03. The Morgan fingerprint density at radius 1 is 1.41 bits per heavy atom. The van der Waals surface area contributed by atoms with Crippen LogP contribution in [-0.2, 0) is 12.0 Å². The van der Waals surface area contributed by atoms with Gasteiger partial charge in [0.15, 0.2) is 11.6 Å². The zero-order chi connectivity index (χ0) is 24.0. The number of ether oxygens (including phenoxy) is 1. The molecule has 2 aromatic heterocycles. The fraction of sp³-hybridized carbons (Fsp3) is 0.400. The molecule has 0 bridgehead atoms. The number of fused-ring (bicyclic) bond motifs is 1. The van der Waals surface area contributed by atoms with E-state index in [1.807, 2.05) is 29.7 Å². The molecule has 5 rings (SSSR count). The quantitative estimate of drug-likeness (QED) is 0.372. The second-order valence-electron chi connectivity index (χ2n) is 9.26. The van der Waals surface area contributed by atoms with Crippen molar-refractivity contribution in [3.8, 4) is 5.75 Å². The summed E-state index contributed by atoms with van der Waals surface area (Å²) in [5.74, 6) is -1.95. The number of halogens is 1. The van der Waals surface area contributed by atoms with Gasteiger partial charge in [-0.3, -0.25) is 9.78 Å². The van der Waals surface area contributed by atoms with Crippen LogP contribution in [0.5, 0.6) is 5.75 Å². The summed E-state index contributed by atoms with van der Waals surface area (Å²) in [6.45, 7) is 2.35. The molecule has 1 saturated carbocycles. The van der Waals surface area contributed by atoms with Gasteiger partial charge < -0.3 is 25.5 Å². The third-order valence-electron chi connectivity index (χ3n) is 7.02. The Bertz CT molecular complexity index is 1330. The molecular weight excluding hydrogens is 439 g/mol. The van der Waals surface area contributed by atoms with Crippen molar-refractivity contribution in [1.29, 1.82) is 0 Å². The van der Waals surface area contributed by atoms with Crippen LogP contribution in [0.25, 0.3) is 10.9 Å². The first-order valence-electron chi connectivity index (χ1n) is 11.6. The number of carboxylic acids is 1. The van der Waals surface area contributed by atoms with Crippen LogP contribution in [0.4, 0.5) is 15.8 Å². The molecule has 1 aliphatic heterocycles. The first-order chi connectivity index (χ1) is 16.3. The van der Waals surface area contributed by atoms with Gasteiger partial charge in [-0.15, -0.1) is 0 Å². The van der Waals surface area contributed by atoms with Gasteiger partial charge in [-0.25, -0.2) is 9.18 Å². The van der Waals surface area contributed by atoms with E-state index in [0.29, 0.717) is 31.3 Å². The van der Waals surface area contributed by atoms with Crippen molar-refractivity contribution < 1.29 is 19.0 Å². The highest BCUT2D eigenvalue weighted by Gasteiger charge is 2.44. The van der Waals surface area contributed by atoms with E-state index >= 15 is 4.39 Å². The average Bonchev–Trinajstić information content (AvgIpc) is 2.92. The number of aromatic carboxylic acids is 1. The molecule has 9 heteroatoms. The van der Waals surface area contributed by atoms with Gasteiger partial charge in [0.2, 0.25) is 5.43 Å². The number of nitrogens with one attached hydrogen (secondary N) is 1. The summed E-state index contributed by atoms with van der Waals surface area (Å²) in [5, 5.41) is 12.7. The lowest BCUT2D eigenvalue weighted by Crippen LogP contribution is -2.43. The van der Waals surface area contributed by atoms with Crippen LogP contribution in [0, 0.1) is 5.82 Å². The maximum Gasteiger partial charge on any atom is 0.341 e. The molecular formula is C25H27FN4O4. The summed E-state index contributed by atoms with van der Waals surface area (Å²) in [6.07, 6.45) is 7.51. The van der Waals surface area contributed by atoms with Gasteiger partial charge >= 0.3 is 5.97 Å². The second-order valence-corrected chi connectivity index (χ2v) is 9.26. The smallest absolute Gasteiger partial charge is 0.341 e. The number of rotatable bonds is 6. The van der Waals surface area contributed by atoms with Crippen LogP contribution < -0.4 is 21.2 Å². The lowest BCUT2D eigenvalue weighted by atomic mass is 9.72. The Labute approximate surface area is 195 Å². The molecule has 0 amide bonds. The van der Waals surface area contributed by atoms with E-state index in [1.165, 1.54) is 6.20 Å². The molecule has 3 heterocycles. The van der Waals surface area contributed by atoms with Gasteiger partial charge in [0.25, 0.3) is 0 Å². The molecule has 1 spiro atoms. The van der Waals surface area contributed by atoms with Gasteiger partial charge in [0, 0.05) is 36.6 Å². The third-order valence-corrected chi connectivity index (χ3v) is 7.02. The summed E-state index contributed by atoms with van der Waals surface area (Å²) in [5.41, 5.74) is 5.59. The first kappa shape index (κ1) is 22.2. The summed E-state index contributed by atoms with van der Waals surface area (Å²) in [4.78, 5) is 29.3. The first-order valence-corrected chi connectivity index (χ1v) is 11.6. The van der Waals surface area contributed by atoms with E-state index < -0.39 is 22.8 Å². The second kappa shape index (κ2) is 8.30. The van der Waals surface area contributed by atoms with Crippen molar-refractivity contribution >= 4 is 28.2 Å². The predicted molar refractivity (Wildman–Crippen MR) is 127 cm³/mol. The van der Waals surface area contributed by atoms with E-state index in [2.05, 4.69) is 10.3 Å². The van der Waals surface area contributed by atoms with Crippen molar-refractivity contribution in [3.63, 3.8) is 0 Å². The molecule has 1 atom stereocenters. The largest absolute Gasteiger partial charge is 0.486 e. The molecule has 178 valence electrons. The van der Waals surface area contributed by atoms with Gasteiger partial charge in [-0.05, 0) is 51.2 Å². The Balaban J connectivity index is 1.64. The van der Waals surface area contributed by atoms with Crippen molar-refractivity contribution in [2.45, 2.75) is 57.1 Å². The van der Waals surface area contributed by atoms with E-state index in [4.69, 9.17) is 10.5 Å². The fourth-order valence-corrected chi connectivity index (χ4v) is 5.28. The zero-order valence-electron chi connectivity index (χ0n) is 18.9. The highest BCUT2D eigenvalue weighted by Crippen LogP contribution is 2.51. The van der Waals surface area contributed by atoms with Gasteiger partial charge in [-0.1, -0.05) is 6.07 Å². The zero-order valence-corrected chi connectivity index (χ0v) is 18.9. The number of benzene rings is 1. The summed E-state index contributed by atoms with van der Waals surface area (Å²) in [6, 6.07) is 5.71. The molecule has 34 heavy (non-hydrogen) atoms. The minimum Gasteiger partial charge on any atom is -0.486 e. The molecule has 2 aliphatic rings. The number of pyridine rings is 2. The Morgan fingerprint density at radius 2 is 2.21 bits per heavy atom. The number of aryl methyl sites for hydroxylation is 1. The van der Waals surface area contributed by atoms with Gasteiger partial charge in [-0.2, -0.15) is 0 Å². The fourth-order valence-electron chi connectivity index (χ4n) is 5.28. The van der Waals surface area contributed by atoms with E-state index in [-0.39, 0.29) is 34.2 Å². The Kier molecular flexibility index (Phi) is 5.42. The summed E-state index contributed by atoms with van der Waals surface area (Å²) in [7, 11) is 0. The van der Waals surface area contributed by atoms with Crippen molar-refractivity contribution in [2.75, 3.05) is 17.6 Å². The van der Waals surface area contributed by atoms with Gasteiger partial charge in [0.1, 0.15) is 11.3 Å². The minimum atomic E-state index is -1.36. The van der Waals surface area contributed by atoms with Crippen molar-refractivity contribution in [1.82, 2.24) is 9.55 Å². The lowest BCUT2D eigenvalue weighted by molar-refractivity contribution is 0.0687.